The number of fused-ring (bicyclic) bond motifs is 6. The van der Waals surface area contributed by atoms with Gasteiger partial charge in [-0.05, 0) is 87.0 Å². The molecule has 0 saturated heterocycles. The fourth-order valence-corrected chi connectivity index (χ4v) is 9.99. The minimum Gasteiger partial charge on any atom is -0.309 e. The van der Waals surface area contributed by atoms with Gasteiger partial charge >= 0.3 is 0 Å². The van der Waals surface area contributed by atoms with Crippen molar-refractivity contribution in [3.05, 3.63) is 259 Å². The lowest BCUT2D eigenvalue weighted by Crippen LogP contribution is -2.28. The standard InChI is InChI=1S/C59H39N3/c1-6-20-40(21-7-1)54-39-55(61-58(60-54)41-22-8-2-9-23-41)51-37-50-46-30-16-18-32-52(46)59(43-24-10-3-11-25-43,44-26-12-4-13-27-44)53(50)38-49(51)42-34-35-48-47-31-17-19-33-56(47)62(57(48)36-42)45-28-14-5-15-29-45/h1-39H. The Bertz CT molecular complexity index is 3330. The van der Waals surface area contributed by atoms with Crippen LogP contribution < -0.4 is 0 Å². The second-order valence-corrected chi connectivity index (χ2v) is 16.1. The van der Waals surface area contributed by atoms with Crippen molar-refractivity contribution in [3.8, 4) is 61.8 Å². The largest absolute Gasteiger partial charge is 0.309 e. The van der Waals surface area contributed by atoms with Crippen LogP contribution in [-0.4, -0.2) is 14.5 Å². The predicted octanol–water partition coefficient (Wildman–Crippen LogP) is 14.6. The number of nitrogens with zero attached hydrogens (tertiary/aromatic N) is 3. The first kappa shape index (κ1) is 35.8. The Morgan fingerprint density at radius 3 is 1.60 bits per heavy atom. The van der Waals surface area contributed by atoms with Gasteiger partial charge in [0.1, 0.15) is 0 Å². The van der Waals surface area contributed by atoms with E-state index in [1.807, 2.05) is 6.07 Å². The molecule has 62 heavy (non-hydrogen) atoms. The molecule has 0 fully saturated rings. The first-order valence-electron chi connectivity index (χ1n) is 21.2. The molecule has 0 saturated carbocycles. The summed E-state index contributed by atoms with van der Waals surface area (Å²) in [5, 5.41) is 2.44. The Morgan fingerprint density at radius 1 is 0.323 bits per heavy atom. The van der Waals surface area contributed by atoms with E-state index in [0.29, 0.717) is 5.82 Å². The lowest BCUT2D eigenvalue weighted by Gasteiger charge is -2.34. The molecule has 1 aliphatic rings. The van der Waals surface area contributed by atoms with E-state index in [9.17, 15) is 0 Å². The van der Waals surface area contributed by atoms with Gasteiger partial charge in [0.15, 0.2) is 5.82 Å². The van der Waals surface area contributed by atoms with E-state index in [4.69, 9.17) is 9.97 Å². The van der Waals surface area contributed by atoms with Crippen molar-refractivity contribution in [1.29, 1.82) is 0 Å². The maximum atomic E-state index is 5.47. The number of aromatic nitrogens is 3. The van der Waals surface area contributed by atoms with Crippen molar-refractivity contribution >= 4 is 21.8 Å². The zero-order valence-corrected chi connectivity index (χ0v) is 33.9. The molecule has 3 nitrogen and oxygen atoms in total. The summed E-state index contributed by atoms with van der Waals surface area (Å²) in [6, 6.07) is 85.4. The van der Waals surface area contributed by atoms with Crippen LogP contribution >= 0.6 is 0 Å². The van der Waals surface area contributed by atoms with E-state index in [1.54, 1.807) is 0 Å². The van der Waals surface area contributed by atoms with Gasteiger partial charge in [0.2, 0.25) is 0 Å². The Hall–Kier alpha value is -8.14. The van der Waals surface area contributed by atoms with Crippen molar-refractivity contribution in [2.75, 3.05) is 0 Å². The van der Waals surface area contributed by atoms with Crippen molar-refractivity contribution in [2.24, 2.45) is 0 Å². The molecule has 0 atom stereocenters. The van der Waals surface area contributed by atoms with E-state index in [2.05, 4.69) is 235 Å². The van der Waals surface area contributed by atoms with Crippen LogP contribution in [-0.2, 0) is 5.41 Å². The summed E-state index contributed by atoms with van der Waals surface area (Å²) in [5.74, 6) is 0.691. The average Bonchev–Trinajstić information content (AvgIpc) is 3.85. The molecule has 290 valence electrons. The van der Waals surface area contributed by atoms with Crippen LogP contribution in [0.3, 0.4) is 0 Å². The van der Waals surface area contributed by atoms with Crippen LogP contribution in [0, 0.1) is 0 Å². The number of rotatable bonds is 7. The Labute approximate surface area is 360 Å². The Kier molecular flexibility index (Phi) is 8.39. The zero-order chi connectivity index (χ0) is 41.0. The van der Waals surface area contributed by atoms with Crippen molar-refractivity contribution in [1.82, 2.24) is 14.5 Å². The lowest BCUT2D eigenvalue weighted by atomic mass is 9.67. The van der Waals surface area contributed by atoms with Gasteiger partial charge in [-0.1, -0.05) is 194 Å². The predicted molar refractivity (Wildman–Crippen MR) is 255 cm³/mol. The van der Waals surface area contributed by atoms with Crippen LogP contribution in [0.1, 0.15) is 22.3 Å². The highest BCUT2D eigenvalue weighted by atomic mass is 15.0. The monoisotopic (exact) mass is 789 g/mol. The summed E-state index contributed by atoms with van der Waals surface area (Å²) >= 11 is 0. The number of hydrogen-bond donors (Lipinski definition) is 0. The van der Waals surface area contributed by atoms with E-state index in [-0.39, 0.29) is 0 Å². The molecular formula is C59H39N3. The molecule has 12 rings (SSSR count). The van der Waals surface area contributed by atoms with Crippen LogP contribution in [0.5, 0.6) is 0 Å². The number of benzene rings is 9. The van der Waals surface area contributed by atoms with Gasteiger partial charge < -0.3 is 4.57 Å². The van der Waals surface area contributed by atoms with E-state index in [1.165, 1.54) is 49.7 Å². The third-order valence-corrected chi connectivity index (χ3v) is 12.7. The molecule has 0 aliphatic heterocycles. The lowest BCUT2D eigenvalue weighted by molar-refractivity contribution is 0.769. The third-order valence-electron chi connectivity index (χ3n) is 12.7. The van der Waals surface area contributed by atoms with Crippen molar-refractivity contribution in [2.45, 2.75) is 5.41 Å². The fourth-order valence-electron chi connectivity index (χ4n) is 9.99. The van der Waals surface area contributed by atoms with Gasteiger partial charge in [0, 0.05) is 33.2 Å². The van der Waals surface area contributed by atoms with Crippen LogP contribution in [0.4, 0.5) is 0 Å². The Morgan fingerprint density at radius 2 is 0.887 bits per heavy atom. The molecule has 0 spiro atoms. The summed E-state index contributed by atoms with van der Waals surface area (Å²) in [5.41, 5.74) is 17.3. The normalized spacial score (nSPS) is 12.6. The number of hydrogen-bond acceptors (Lipinski definition) is 2. The highest BCUT2D eigenvalue weighted by Gasteiger charge is 2.46. The molecule has 0 unspecified atom stereocenters. The molecule has 11 aromatic rings. The third kappa shape index (κ3) is 5.59. The molecule has 0 radical (unpaired) electrons. The minimum atomic E-state index is -0.569. The molecule has 0 bridgehead atoms. The number of para-hydroxylation sites is 2. The van der Waals surface area contributed by atoms with E-state index < -0.39 is 5.41 Å². The fraction of sp³-hybridized carbons (Fsp3) is 0.0169. The van der Waals surface area contributed by atoms with Gasteiger partial charge in [-0.2, -0.15) is 0 Å². The Balaban J connectivity index is 1.21. The van der Waals surface area contributed by atoms with Crippen molar-refractivity contribution < 1.29 is 0 Å². The summed E-state index contributed by atoms with van der Waals surface area (Å²) in [6.45, 7) is 0. The zero-order valence-electron chi connectivity index (χ0n) is 33.9. The molecule has 0 amide bonds. The molecule has 2 aromatic heterocycles. The molecule has 9 aromatic carbocycles. The first-order chi connectivity index (χ1) is 30.8. The summed E-state index contributed by atoms with van der Waals surface area (Å²) in [6.07, 6.45) is 0. The van der Waals surface area contributed by atoms with Gasteiger partial charge in [-0.3, -0.25) is 0 Å². The van der Waals surface area contributed by atoms with Gasteiger partial charge in [-0.25, -0.2) is 9.97 Å². The maximum Gasteiger partial charge on any atom is 0.160 e. The van der Waals surface area contributed by atoms with Gasteiger partial charge in [-0.15, -0.1) is 0 Å². The highest BCUT2D eigenvalue weighted by Crippen LogP contribution is 2.58. The molecule has 1 aliphatic carbocycles. The van der Waals surface area contributed by atoms with Crippen LogP contribution in [0.2, 0.25) is 0 Å². The average molecular weight is 790 g/mol. The summed E-state index contributed by atoms with van der Waals surface area (Å²) in [4.78, 5) is 10.7. The quantitative estimate of drug-likeness (QED) is 0.161. The van der Waals surface area contributed by atoms with Crippen molar-refractivity contribution in [3.63, 3.8) is 0 Å². The van der Waals surface area contributed by atoms with E-state index >= 15 is 0 Å². The molecule has 2 heterocycles. The smallest absolute Gasteiger partial charge is 0.160 e. The first-order valence-corrected chi connectivity index (χ1v) is 21.2. The highest BCUT2D eigenvalue weighted by molar-refractivity contribution is 6.10. The molecular weight excluding hydrogens is 751 g/mol. The second kappa shape index (κ2) is 14.5. The topological polar surface area (TPSA) is 30.7 Å². The molecule has 3 heteroatoms. The summed E-state index contributed by atoms with van der Waals surface area (Å²) in [7, 11) is 0. The maximum absolute atomic E-state index is 5.47. The molecule has 0 N–H and O–H groups in total. The SMILES string of the molecule is c1ccc(-c2cc(-c3cc4c(cc3-c3ccc5c6ccccc6n(-c6ccccc6)c5c3)C(c3ccccc3)(c3ccccc3)c3ccccc3-4)nc(-c3ccccc3)n2)cc1. The van der Waals surface area contributed by atoms with Gasteiger partial charge in [0.05, 0.1) is 27.8 Å². The van der Waals surface area contributed by atoms with Crippen LogP contribution in [0.15, 0.2) is 237 Å². The minimum absolute atomic E-state index is 0.569. The summed E-state index contributed by atoms with van der Waals surface area (Å²) < 4.78 is 2.40. The van der Waals surface area contributed by atoms with Crippen LogP contribution in [0.25, 0.3) is 83.6 Å². The second-order valence-electron chi connectivity index (χ2n) is 16.1. The van der Waals surface area contributed by atoms with Gasteiger partial charge in [0.25, 0.3) is 0 Å². The van der Waals surface area contributed by atoms with E-state index in [0.717, 1.165) is 50.4 Å².